The van der Waals surface area contributed by atoms with E-state index < -0.39 is 0 Å². The Morgan fingerprint density at radius 1 is 1.53 bits per heavy atom. The number of H-pyrrole nitrogens is 1. The summed E-state index contributed by atoms with van der Waals surface area (Å²) in [4.78, 5) is 17.1. The van der Waals surface area contributed by atoms with Crippen LogP contribution in [-0.4, -0.2) is 29.5 Å². The molecule has 1 saturated heterocycles. The minimum absolute atomic E-state index is 0.121. The van der Waals surface area contributed by atoms with E-state index in [1.807, 2.05) is 6.92 Å². The maximum absolute atomic E-state index is 11.4. The van der Waals surface area contributed by atoms with Gasteiger partial charge in [0.25, 0.3) is 0 Å². The van der Waals surface area contributed by atoms with Gasteiger partial charge < -0.3 is 9.88 Å². The van der Waals surface area contributed by atoms with Crippen LogP contribution in [0.3, 0.4) is 0 Å². The van der Waals surface area contributed by atoms with Crippen molar-refractivity contribution < 1.29 is 0 Å². The molecule has 3 heteroatoms. The maximum Gasteiger partial charge on any atom is 0.182 e. The number of nitrogens with zero attached hydrogens (tertiary/aromatic N) is 1. The summed E-state index contributed by atoms with van der Waals surface area (Å²) >= 11 is 0. The van der Waals surface area contributed by atoms with Crippen molar-refractivity contribution in [2.45, 2.75) is 26.2 Å². The molecule has 3 nitrogen and oxygen atoms in total. The molecule has 2 rings (SSSR count). The third-order valence-corrected chi connectivity index (χ3v) is 3.16. The molecule has 1 aliphatic rings. The Bertz CT molecular complexity index is 397. The minimum Gasteiger partial charge on any atom is -0.362 e. The molecular formula is C12H18N2O. The molecule has 1 aromatic rings. The fourth-order valence-electron chi connectivity index (χ4n) is 2.30. The van der Waals surface area contributed by atoms with Gasteiger partial charge in [-0.2, -0.15) is 0 Å². The second kappa shape index (κ2) is 4.19. The molecule has 0 saturated carbocycles. The Morgan fingerprint density at radius 3 is 2.93 bits per heavy atom. The van der Waals surface area contributed by atoms with E-state index >= 15 is 0 Å². The van der Waals surface area contributed by atoms with E-state index in [4.69, 9.17) is 0 Å². The Kier molecular flexibility index (Phi) is 2.91. The smallest absolute Gasteiger partial charge is 0.182 e. The van der Waals surface area contributed by atoms with Crippen molar-refractivity contribution in [3.05, 3.63) is 33.7 Å². The second-order valence-corrected chi connectivity index (χ2v) is 4.33. The Balaban J connectivity index is 2.20. The van der Waals surface area contributed by atoms with E-state index in [9.17, 15) is 4.79 Å². The van der Waals surface area contributed by atoms with Gasteiger partial charge in [-0.05, 0) is 26.4 Å². The average molecular weight is 206 g/mol. The molecule has 1 fully saturated rings. The number of hydrogen-bond donors (Lipinski definition) is 1. The van der Waals surface area contributed by atoms with Crippen molar-refractivity contribution in [2.24, 2.45) is 0 Å². The van der Waals surface area contributed by atoms with Gasteiger partial charge in [-0.1, -0.05) is 6.92 Å². The summed E-state index contributed by atoms with van der Waals surface area (Å²) in [7, 11) is 0. The molecule has 1 aliphatic heterocycles. The van der Waals surface area contributed by atoms with Crippen molar-refractivity contribution in [2.75, 3.05) is 19.6 Å². The average Bonchev–Trinajstić information content (AvgIpc) is 2.64. The number of nitrogens with one attached hydrogen (secondary N) is 1. The van der Waals surface area contributed by atoms with Gasteiger partial charge in [-0.25, -0.2) is 0 Å². The largest absolute Gasteiger partial charge is 0.362 e. The molecule has 0 bridgehead atoms. The zero-order chi connectivity index (χ0) is 10.8. The van der Waals surface area contributed by atoms with Crippen LogP contribution in [-0.2, 0) is 0 Å². The van der Waals surface area contributed by atoms with Crippen molar-refractivity contribution in [3.8, 4) is 0 Å². The molecule has 0 unspecified atom stereocenters. The van der Waals surface area contributed by atoms with Crippen molar-refractivity contribution in [3.63, 3.8) is 0 Å². The fourth-order valence-corrected chi connectivity index (χ4v) is 2.30. The van der Waals surface area contributed by atoms with Crippen molar-refractivity contribution in [1.82, 2.24) is 9.88 Å². The molecule has 0 spiro atoms. The highest BCUT2D eigenvalue weighted by atomic mass is 16.1. The lowest BCUT2D eigenvalue weighted by atomic mass is 10.0. The van der Waals surface area contributed by atoms with E-state index in [1.165, 1.54) is 0 Å². The number of aromatic nitrogens is 1. The van der Waals surface area contributed by atoms with Crippen LogP contribution in [0.2, 0.25) is 0 Å². The van der Waals surface area contributed by atoms with Gasteiger partial charge in [-0.3, -0.25) is 4.79 Å². The van der Waals surface area contributed by atoms with E-state index in [0.29, 0.717) is 5.92 Å². The number of pyridine rings is 1. The number of aryl methyl sites for hydroxylation is 1. The minimum atomic E-state index is 0.121. The van der Waals surface area contributed by atoms with Crippen LogP contribution in [0.25, 0.3) is 0 Å². The summed E-state index contributed by atoms with van der Waals surface area (Å²) in [5.74, 6) is 0.512. The monoisotopic (exact) mass is 206 g/mol. The third-order valence-electron chi connectivity index (χ3n) is 3.16. The number of aromatic amines is 1. The topological polar surface area (TPSA) is 36.1 Å². The van der Waals surface area contributed by atoms with Gasteiger partial charge in [0.1, 0.15) is 0 Å². The zero-order valence-electron chi connectivity index (χ0n) is 9.42. The number of likely N-dealkylation sites (N-methyl/N-ethyl adjacent to an activating group) is 1. The standard InChI is InChI=1S/C12H18N2O/c1-3-14-5-4-10(8-14)12-7-11(15)6-9(2)13-12/h6-7,10H,3-5,8H2,1-2H3,(H,13,15)/t10-/m0/s1. The predicted octanol–water partition coefficient (Wildman–Crippen LogP) is 1.49. The van der Waals surface area contributed by atoms with Gasteiger partial charge >= 0.3 is 0 Å². The van der Waals surface area contributed by atoms with E-state index in [-0.39, 0.29) is 5.43 Å². The summed E-state index contributed by atoms with van der Waals surface area (Å²) < 4.78 is 0. The normalized spacial score (nSPS) is 22.1. The summed E-state index contributed by atoms with van der Waals surface area (Å²) in [6, 6.07) is 3.40. The third kappa shape index (κ3) is 2.29. The first-order chi connectivity index (χ1) is 7.19. The van der Waals surface area contributed by atoms with Crippen LogP contribution in [0, 0.1) is 6.92 Å². The Morgan fingerprint density at radius 2 is 2.33 bits per heavy atom. The first-order valence-corrected chi connectivity index (χ1v) is 5.62. The molecule has 0 amide bonds. The lowest BCUT2D eigenvalue weighted by Crippen LogP contribution is -2.20. The summed E-state index contributed by atoms with van der Waals surface area (Å²) in [6.07, 6.45) is 1.16. The quantitative estimate of drug-likeness (QED) is 0.796. The summed E-state index contributed by atoms with van der Waals surface area (Å²) in [5.41, 5.74) is 2.19. The van der Waals surface area contributed by atoms with Gasteiger partial charge in [0, 0.05) is 36.0 Å². The molecule has 0 aromatic carbocycles. The van der Waals surface area contributed by atoms with E-state index in [1.54, 1.807) is 12.1 Å². The molecule has 1 atom stereocenters. The molecule has 1 N–H and O–H groups in total. The van der Waals surface area contributed by atoms with Crippen LogP contribution in [0.5, 0.6) is 0 Å². The van der Waals surface area contributed by atoms with Crippen LogP contribution in [0.1, 0.15) is 30.7 Å². The van der Waals surface area contributed by atoms with Gasteiger partial charge in [-0.15, -0.1) is 0 Å². The Labute approximate surface area is 90.1 Å². The highest BCUT2D eigenvalue weighted by molar-refractivity contribution is 5.16. The van der Waals surface area contributed by atoms with Gasteiger partial charge in [0.05, 0.1) is 0 Å². The second-order valence-electron chi connectivity index (χ2n) is 4.33. The lowest BCUT2D eigenvalue weighted by molar-refractivity contribution is 0.353. The molecule has 0 radical (unpaired) electrons. The van der Waals surface area contributed by atoms with E-state index in [2.05, 4.69) is 16.8 Å². The summed E-state index contributed by atoms with van der Waals surface area (Å²) in [6.45, 7) is 7.46. The van der Waals surface area contributed by atoms with Crippen LogP contribution in [0.15, 0.2) is 16.9 Å². The van der Waals surface area contributed by atoms with Gasteiger partial charge in [0.2, 0.25) is 0 Å². The molecule has 2 heterocycles. The van der Waals surface area contributed by atoms with Crippen molar-refractivity contribution >= 4 is 0 Å². The molecule has 82 valence electrons. The maximum atomic E-state index is 11.4. The Hall–Kier alpha value is -1.09. The van der Waals surface area contributed by atoms with E-state index in [0.717, 1.165) is 37.4 Å². The molecule has 1 aromatic heterocycles. The zero-order valence-corrected chi connectivity index (χ0v) is 9.42. The first kappa shape index (κ1) is 10.4. The van der Waals surface area contributed by atoms with Crippen LogP contribution in [0.4, 0.5) is 0 Å². The van der Waals surface area contributed by atoms with Crippen LogP contribution < -0.4 is 5.43 Å². The first-order valence-electron chi connectivity index (χ1n) is 5.62. The highest BCUT2D eigenvalue weighted by Crippen LogP contribution is 2.24. The highest BCUT2D eigenvalue weighted by Gasteiger charge is 2.23. The van der Waals surface area contributed by atoms with Crippen molar-refractivity contribution in [1.29, 1.82) is 0 Å². The van der Waals surface area contributed by atoms with Gasteiger partial charge in [0.15, 0.2) is 5.43 Å². The number of likely N-dealkylation sites (tertiary alicyclic amines) is 1. The lowest BCUT2D eigenvalue weighted by Gasteiger charge is -2.13. The molecule has 15 heavy (non-hydrogen) atoms. The SMILES string of the molecule is CCN1CC[C@H](c2cc(=O)cc(C)[nH]2)C1. The predicted molar refractivity (Wildman–Crippen MR) is 61.3 cm³/mol. The summed E-state index contributed by atoms with van der Waals surface area (Å²) in [5, 5.41) is 0. The fraction of sp³-hybridized carbons (Fsp3) is 0.583. The number of hydrogen-bond acceptors (Lipinski definition) is 2. The molecular weight excluding hydrogens is 188 g/mol. The van der Waals surface area contributed by atoms with Crippen LogP contribution >= 0.6 is 0 Å². The number of rotatable bonds is 2. The molecule has 0 aliphatic carbocycles.